The Morgan fingerprint density at radius 1 is 1.13 bits per heavy atom. The van der Waals surface area contributed by atoms with Crippen LogP contribution in [0, 0.1) is 0 Å². The van der Waals surface area contributed by atoms with Crippen molar-refractivity contribution in [2.24, 2.45) is 0 Å². The van der Waals surface area contributed by atoms with E-state index in [0.29, 0.717) is 15.2 Å². The van der Waals surface area contributed by atoms with Crippen LogP contribution in [0.4, 0.5) is 0 Å². The van der Waals surface area contributed by atoms with Gasteiger partial charge in [0.05, 0.1) is 21.8 Å². The van der Waals surface area contributed by atoms with Crippen LogP contribution in [0.15, 0.2) is 59.1 Å². The van der Waals surface area contributed by atoms with Crippen molar-refractivity contribution in [1.29, 1.82) is 0 Å². The number of hydrogen-bond donors (Lipinski definition) is 1. The van der Waals surface area contributed by atoms with Crippen LogP contribution in [-0.2, 0) is 0 Å². The van der Waals surface area contributed by atoms with Gasteiger partial charge >= 0.3 is 0 Å². The molecular formula is C23H24Cl2N4OS. The van der Waals surface area contributed by atoms with Crippen molar-refractivity contribution in [3.63, 3.8) is 0 Å². The smallest absolute Gasteiger partial charge is 0.170 e. The van der Waals surface area contributed by atoms with Crippen LogP contribution in [-0.4, -0.2) is 47.1 Å². The van der Waals surface area contributed by atoms with E-state index in [9.17, 15) is 0 Å². The zero-order valence-electron chi connectivity index (χ0n) is 17.4. The number of nitrogens with one attached hydrogen (secondary N) is 1. The summed E-state index contributed by atoms with van der Waals surface area (Å²) in [5.74, 6) is 1.56. The van der Waals surface area contributed by atoms with E-state index in [-0.39, 0.29) is 12.1 Å². The zero-order valence-corrected chi connectivity index (χ0v) is 19.7. The number of hydrogen-bond acceptors (Lipinski definition) is 4. The fraction of sp³-hybridized carbons (Fsp3) is 0.304. The summed E-state index contributed by atoms with van der Waals surface area (Å²) in [6.45, 7) is 1.80. The molecule has 8 heteroatoms. The summed E-state index contributed by atoms with van der Waals surface area (Å²) in [6.07, 6.45) is 2.79. The molecule has 0 unspecified atom stereocenters. The van der Waals surface area contributed by atoms with Gasteiger partial charge in [-0.05, 0) is 81.7 Å². The Morgan fingerprint density at radius 2 is 1.97 bits per heavy atom. The predicted octanol–water partition coefficient (Wildman–Crippen LogP) is 5.57. The van der Waals surface area contributed by atoms with Crippen molar-refractivity contribution in [2.45, 2.75) is 18.5 Å². The number of nitrogens with zero attached hydrogens (tertiary/aromatic N) is 3. The first-order valence-electron chi connectivity index (χ1n) is 10.1. The number of halogens is 2. The maximum atomic E-state index is 6.33. The second-order valence-corrected chi connectivity index (χ2v) is 9.01. The molecule has 31 heavy (non-hydrogen) atoms. The van der Waals surface area contributed by atoms with Crippen molar-refractivity contribution in [2.75, 3.05) is 27.2 Å². The second-order valence-electron chi connectivity index (χ2n) is 7.81. The summed E-state index contributed by atoms with van der Waals surface area (Å²) in [4.78, 5) is 8.95. The summed E-state index contributed by atoms with van der Waals surface area (Å²) in [7, 11) is 4.15. The van der Waals surface area contributed by atoms with Gasteiger partial charge in [0.25, 0.3) is 0 Å². The molecule has 1 aliphatic rings. The highest BCUT2D eigenvalue weighted by molar-refractivity contribution is 7.80. The van der Waals surface area contributed by atoms with E-state index in [4.69, 9.17) is 39.8 Å². The lowest BCUT2D eigenvalue weighted by molar-refractivity contribution is 0.261. The molecule has 0 amide bonds. The first kappa shape index (κ1) is 22.1. The molecule has 1 fully saturated rings. The molecule has 2 atom stereocenters. The van der Waals surface area contributed by atoms with E-state index in [0.717, 1.165) is 42.3 Å². The summed E-state index contributed by atoms with van der Waals surface area (Å²) in [6, 6.07) is 15.2. The van der Waals surface area contributed by atoms with E-state index < -0.39 is 0 Å². The minimum Gasteiger partial charge on any atom is -0.459 e. The molecule has 0 saturated carbocycles. The summed E-state index contributed by atoms with van der Waals surface area (Å²) in [5, 5.41) is 5.19. The van der Waals surface area contributed by atoms with Gasteiger partial charge in [-0.25, -0.2) is 0 Å². The quantitative estimate of drug-likeness (QED) is 0.451. The average Bonchev–Trinajstić information content (AvgIpc) is 3.35. The standard InChI is InChI=1S/C23H24Cl2N4OS/c1-28(2)12-5-13-29-22(21(27-23(29)31)18-6-3-4-11-26-18)20-10-9-19(30-20)15-7-8-16(24)17(25)14-15/h3-4,6-11,14,21-22H,5,12-13H2,1-2H3,(H,27,31)/t21-,22-/m1/s1. The Kier molecular flexibility index (Phi) is 6.82. The van der Waals surface area contributed by atoms with Crippen molar-refractivity contribution >= 4 is 40.5 Å². The molecule has 1 aromatic carbocycles. The summed E-state index contributed by atoms with van der Waals surface area (Å²) in [5.41, 5.74) is 1.81. The van der Waals surface area contributed by atoms with Crippen molar-refractivity contribution in [3.8, 4) is 11.3 Å². The number of thiocarbonyl (C=S) groups is 1. The van der Waals surface area contributed by atoms with Gasteiger partial charge in [-0.15, -0.1) is 0 Å². The predicted molar refractivity (Wildman–Crippen MR) is 129 cm³/mol. The van der Waals surface area contributed by atoms with Crippen molar-refractivity contribution in [3.05, 3.63) is 76.2 Å². The number of aromatic nitrogens is 1. The third-order valence-electron chi connectivity index (χ3n) is 5.32. The molecule has 0 bridgehead atoms. The lowest BCUT2D eigenvalue weighted by Crippen LogP contribution is -2.32. The Labute approximate surface area is 198 Å². The molecule has 5 nitrogen and oxygen atoms in total. The SMILES string of the molecule is CN(C)CCCN1C(=S)N[C@H](c2ccccn2)[C@H]1c1ccc(-c2ccc(Cl)c(Cl)c2)o1. The highest BCUT2D eigenvalue weighted by Gasteiger charge is 2.41. The molecule has 1 N–H and O–H groups in total. The Morgan fingerprint density at radius 3 is 2.68 bits per heavy atom. The highest BCUT2D eigenvalue weighted by atomic mass is 35.5. The Bertz CT molecular complexity index is 1060. The Balaban J connectivity index is 1.67. The van der Waals surface area contributed by atoms with Gasteiger partial charge in [-0.2, -0.15) is 0 Å². The maximum Gasteiger partial charge on any atom is 0.170 e. The third-order valence-corrected chi connectivity index (χ3v) is 6.42. The van der Waals surface area contributed by atoms with E-state index in [2.05, 4.69) is 34.2 Å². The minimum atomic E-state index is -0.0964. The van der Waals surface area contributed by atoms with Crippen LogP contribution >= 0.6 is 35.4 Å². The molecule has 1 saturated heterocycles. The van der Waals surface area contributed by atoms with Crippen molar-refractivity contribution < 1.29 is 4.42 Å². The molecule has 0 radical (unpaired) electrons. The van der Waals surface area contributed by atoms with Gasteiger partial charge in [-0.3, -0.25) is 4.98 Å². The molecule has 4 rings (SSSR count). The van der Waals surface area contributed by atoms with Crippen LogP contribution in [0.3, 0.4) is 0 Å². The van der Waals surface area contributed by atoms with Crippen LogP contribution in [0.5, 0.6) is 0 Å². The minimum absolute atomic E-state index is 0.0962. The first-order chi connectivity index (χ1) is 14.9. The highest BCUT2D eigenvalue weighted by Crippen LogP contribution is 2.40. The topological polar surface area (TPSA) is 44.5 Å². The fourth-order valence-electron chi connectivity index (χ4n) is 3.83. The largest absolute Gasteiger partial charge is 0.459 e. The molecule has 0 aliphatic carbocycles. The van der Waals surface area contributed by atoms with E-state index >= 15 is 0 Å². The van der Waals surface area contributed by atoms with Gasteiger partial charge in [0, 0.05) is 18.3 Å². The van der Waals surface area contributed by atoms with Crippen LogP contribution in [0.2, 0.25) is 10.0 Å². The lowest BCUT2D eigenvalue weighted by Gasteiger charge is -2.26. The molecular weight excluding hydrogens is 451 g/mol. The normalized spacial score (nSPS) is 18.6. The van der Waals surface area contributed by atoms with Gasteiger partial charge in [0.2, 0.25) is 0 Å². The molecule has 2 aromatic heterocycles. The molecule has 162 valence electrons. The number of benzene rings is 1. The maximum absolute atomic E-state index is 6.33. The molecule has 0 spiro atoms. The van der Waals surface area contributed by atoms with E-state index in [1.165, 1.54) is 0 Å². The van der Waals surface area contributed by atoms with Gasteiger partial charge in [-0.1, -0.05) is 29.3 Å². The number of pyridine rings is 1. The van der Waals surface area contributed by atoms with Gasteiger partial charge in [0.15, 0.2) is 5.11 Å². The van der Waals surface area contributed by atoms with E-state index in [1.54, 1.807) is 12.3 Å². The second kappa shape index (κ2) is 9.57. The van der Waals surface area contributed by atoms with Gasteiger partial charge < -0.3 is 19.5 Å². The van der Waals surface area contributed by atoms with Crippen molar-refractivity contribution in [1.82, 2.24) is 20.1 Å². The zero-order chi connectivity index (χ0) is 22.0. The van der Waals surface area contributed by atoms with Crippen LogP contribution in [0.1, 0.15) is 30.0 Å². The molecule has 1 aliphatic heterocycles. The fourth-order valence-corrected chi connectivity index (χ4v) is 4.46. The van der Waals surface area contributed by atoms with Gasteiger partial charge in [0.1, 0.15) is 17.6 Å². The molecule has 3 heterocycles. The van der Waals surface area contributed by atoms with E-state index in [1.807, 2.05) is 42.5 Å². The number of rotatable bonds is 7. The first-order valence-corrected chi connectivity index (χ1v) is 11.3. The average molecular weight is 475 g/mol. The number of furan rings is 1. The molecule has 3 aromatic rings. The van der Waals surface area contributed by atoms with Crippen LogP contribution < -0.4 is 5.32 Å². The van der Waals surface area contributed by atoms with Crippen LogP contribution in [0.25, 0.3) is 11.3 Å². The monoisotopic (exact) mass is 474 g/mol. The Hall–Kier alpha value is -2.12. The summed E-state index contributed by atoms with van der Waals surface area (Å²) >= 11 is 18.0. The lowest BCUT2D eigenvalue weighted by atomic mass is 10.0. The summed E-state index contributed by atoms with van der Waals surface area (Å²) < 4.78 is 6.33. The third kappa shape index (κ3) is 4.88.